The number of hydrogen-bond acceptors (Lipinski definition) is 4. The van der Waals surface area contributed by atoms with Crippen molar-refractivity contribution in [2.45, 2.75) is 18.9 Å². The normalized spacial score (nSPS) is 18.7. The average Bonchev–Trinajstić information content (AvgIpc) is 2.90. The van der Waals surface area contributed by atoms with Gasteiger partial charge in [0.2, 0.25) is 5.91 Å². The van der Waals surface area contributed by atoms with E-state index >= 15 is 0 Å². The van der Waals surface area contributed by atoms with Crippen LogP contribution in [0.15, 0.2) is 24.5 Å². The Labute approximate surface area is 114 Å². The summed E-state index contributed by atoms with van der Waals surface area (Å²) in [6.07, 6.45) is 5.58. The molecule has 0 aliphatic carbocycles. The third-order valence-electron chi connectivity index (χ3n) is 3.37. The zero-order valence-electron chi connectivity index (χ0n) is 11.4. The Morgan fingerprint density at radius 3 is 3.00 bits per heavy atom. The van der Waals surface area contributed by atoms with Crippen LogP contribution in [0.25, 0.3) is 0 Å². The van der Waals surface area contributed by atoms with Crippen molar-refractivity contribution in [2.24, 2.45) is 0 Å². The molecule has 1 atom stereocenters. The SMILES string of the molecule is CN(CCc1ccncc1)CC(=O)NC1CCNC1. The smallest absolute Gasteiger partial charge is 0.234 e. The first-order valence-corrected chi connectivity index (χ1v) is 6.81. The number of carbonyl (C=O) groups is 1. The molecule has 0 spiro atoms. The van der Waals surface area contributed by atoms with Gasteiger partial charge in [0.15, 0.2) is 0 Å². The van der Waals surface area contributed by atoms with Gasteiger partial charge in [-0.3, -0.25) is 14.7 Å². The summed E-state index contributed by atoms with van der Waals surface area (Å²) in [5, 5.41) is 6.30. The second kappa shape index (κ2) is 7.21. The second-order valence-electron chi connectivity index (χ2n) is 5.10. The molecule has 1 fully saturated rings. The Hall–Kier alpha value is -1.46. The van der Waals surface area contributed by atoms with E-state index < -0.39 is 0 Å². The van der Waals surface area contributed by atoms with Crippen molar-refractivity contribution in [3.63, 3.8) is 0 Å². The molecule has 0 aromatic carbocycles. The van der Waals surface area contributed by atoms with Gasteiger partial charge in [0.25, 0.3) is 0 Å². The van der Waals surface area contributed by atoms with Crippen molar-refractivity contribution in [3.8, 4) is 0 Å². The minimum atomic E-state index is 0.117. The van der Waals surface area contributed by atoms with Crippen LogP contribution in [0.3, 0.4) is 0 Å². The summed E-state index contributed by atoms with van der Waals surface area (Å²) in [5.74, 6) is 0.117. The average molecular weight is 262 g/mol. The van der Waals surface area contributed by atoms with Crippen LogP contribution in [0.4, 0.5) is 0 Å². The molecule has 1 aliphatic rings. The van der Waals surface area contributed by atoms with E-state index in [9.17, 15) is 4.79 Å². The third kappa shape index (κ3) is 4.96. The highest BCUT2D eigenvalue weighted by molar-refractivity contribution is 5.78. The van der Waals surface area contributed by atoms with Crippen LogP contribution >= 0.6 is 0 Å². The Morgan fingerprint density at radius 2 is 2.32 bits per heavy atom. The van der Waals surface area contributed by atoms with Crippen molar-refractivity contribution < 1.29 is 4.79 Å². The van der Waals surface area contributed by atoms with Crippen LogP contribution in [0, 0.1) is 0 Å². The third-order valence-corrected chi connectivity index (χ3v) is 3.37. The Bertz CT molecular complexity index is 390. The lowest BCUT2D eigenvalue weighted by Gasteiger charge is -2.18. The Kier molecular flexibility index (Phi) is 5.30. The van der Waals surface area contributed by atoms with Gasteiger partial charge in [-0.2, -0.15) is 0 Å². The van der Waals surface area contributed by atoms with Gasteiger partial charge in [0.1, 0.15) is 0 Å². The number of likely N-dealkylation sites (N-methyl/N-ethyl adjacent to an activating group) is 1. The van der Waals surface area contributed by atoms with Crippen molar-refractivity contribution in [2.75, 3.05) is 33.2 Å². The van der Waals surface area contributed by atoms with E-state index in [-0.39, 0.29) is 5.91 Å². The first kappa shape index (κ1) is 14.0. The van der Waals surface area contributed by atoms with Gasteiger partial charge >= 0.3 is 0 Å². The highest BCUT2D eigenvalue weighted by Gasteiger charge is 2.17. The lowest BCUT2D eigenvalue weighted by molar-refractivity contribution is -0.122. The Morgan fingerprint density at radius 1 is 1.53 bits per heavy atom. The molecule has 1 saturated heterocycles. The topological polar surface area (TPSA) is 57.3 Å². The molecular formula is C14H22N4O. The summed E-state index contributed by atoms with van der Waals surface area (Å²) >= 11 is 0. The lowest BCUT2D eigenvalue weighted by atomic mass is 10.2. The fourth-order valence-corrected chi connectivity index (χ4v) is 2.24. The number of rotatable bonds is 6. The summed E-state index contributed by atoms with van der Waals surface area (Å²) in [5.41, 5.74) is 1.25. The number of pyridine rings is 1. The minimum absolute atomic E-state index is 0.117. The number of aromatic nitrogens is 1. The molecule has 1 aliphatic heterocycles. The van der Waals surface area contributed by atoms with Crippen molar-refractivity contribution in [1.82, 2.24) is 20.5 Å². The van der Waals surface area contributed by atoms with Crippen LogP contribution in [0.5, 0.6) is 0 Å². The van der Waals surface area contributed by atoms with E-state index in [1.165, 1.54) is 5.56 Å². The minimum Gasteiger partial charge on any atom is -0.351 e. The van der Waals surface area contributed by atoms with E-state index in [0.29, 0.717) is 12.6 Å². The van der Waals surface area contributed by atoms with Crippen LogP contribution < -0.4 is 10.6 Å². The van der Waals surface area contributed by atoms with Crippen molar-refractivity contribution in [3.05, 3.63) is 30.1 Å². The second-order valence-corrected chi connectivity index (χ2v) is 5.10. The molecule has 2 heterocycles. The zero-order chi connectivity index (χ0) is 13.5. The molecule has 1 amide bonds. The van der Waals surface area contributed by atoms with Gasteiger partial charge in [-0.15, -0.1) is 0 Å². The van der Waals surface area contributed by atoms with Gasteiger partial charge < -0.3 is 10.6 Å². The highest BCUT2D eigenvalue weighted by atomic mass is 16.2. The van der Waals surface area contributed by atoms with E-state index in [0.717, 1.165) is 32.5 Å². The van der Waals surface area contributed by atoms with Crippen molar-refractivity contribution in [1.29, 1.82) is 0 Å². The van der Waals surface area contributed by atoms with E-state index in [4.69, 9.17) is 0 Å². The molecule has 0 radical (unpaired) electrons. The van der Waals surface area contributed by atoms with Crippen molar-refractivity contribution >= 4 is 5.91 Å². The fraction of sp³-hybridized carbons (Fsp3) is 0.571. The van der Waals surface area contributed by atoms with Gasteiger partial charge in [-0.05, 0) is 44.1 Å². The summed E-state index contributed by atoms with van der Waals surface area (Å²) < 4.78 is 0. The van der Waals surface area contributed by atoms with Gasteiger partial charge in [-0.25, -0.2) is 0 Å². The molecule has 5 nitrogen and oxygen atoms in total. The molecule has 1 unspecified atom stereocenters. The maximum Gasteiger partial charge on any atom is 0.234 e. The molecular weight excluding hydrogens is 240 g/mol. The number of hydrogen-bond donors (Lipinski definition) is 2. The highest BCUT2D eigenvalue weighted by Crippen LogP contribution is 2.00. The molecule has 19 heavy (non-hydrogen) atoms. The maximum atomic E-state index is 11.8. The zero-order valence-corrected chi connectivity index (χ0v) is 11.4. The predicted octanol–water partition coefficient (Wildman–Crippen LogP) is 0.0340. The summed E-state index contributed by atoms with van der Waals surface area (Å²) in [7, 11) is 1.98. The van der Waals surface area contributed by atoms with Crippen LogP contribution in [-0.2, 0) is 11.2 Å². The first-order chi connectivity index (χ1) is 9.24. The van der Waals surface area contributed by atoms with Crippen LogP contribution in [0.2, 0.25) is 0 Å². The van der Waals surface area contributed by atoms with Crippen LogP contribution in [0.1, 0.15) is 12.0 Å². The summed E-state index contributed by atoms with van der Waals surface area (Å²) in [6.45, 7) is 3.23. The number of amides is 1. The Balaban J connectivity index is 1.65. The van der Waals surface area contributed by atoms with E-state index in [1.54, 1.807) is 12.4 Å². The lowest BCUT2D eigenvalue weighted by Crippen LogP contribution is -2.42. The summed E-state index contributed by atoms with van der Waals surface area (Å²) in [4.78, 5) is 17.9. The number of nitrogens with zero attached hydrogens (tertiary/aromatic N) is 2. The quantitative estimate of drug-likeness (QED) is 0.760. The van der Waals surface area contributed by atoms with E-state index in [1.807, 2.05) is 19.2 Å². The standard InChI is InChI=1S/C14H22N4O/c1-18(9-5-12-2-6-15-7-3-12)11-14(19)17-13-4-8-16-10-13/h2-3,6-7,13,16H,4-5,8-11H2,1H3,(H,17,19). The number of nitrogens with one attached hydrogen (secondary N) is 2. The van der Waals surface area contributed by atoms with Gasteiger partial charge in [-0.1, -0.05) is 0 Å². The van der Waals surface area contributed by atoms with Gasteiger partial charge in [0, 0.05) is 31.5 Å². The molecule has 1 aromatic rings. The molecule has 2 N–H and O–H groups in total. The molecule has 0 saturated carbocycles. The van der Waals surface area contributed by atoms with Crippen LogP contribution in [-0.4, -0.2) is 55.1 Å². The van der Waals surface area contributed by atoms with E-state index in [2.05, 4.69) is 20.5 Å². The van der Waals surface area contributed by atoms with Gasteiger partial charge in [0.05, 0.1) is 6.54 Å². The largest absolute Gasteiger partial charge is 0.351 e. The maximum absolute atomic E-state index is 11.8. The monoisotopic (exact) mass is 262 g/mol. The first-order valence-electron chi connectivity index (χ1n) is 6.81. The summed E-state index contributed by atoms with van der Waals surface area (Å²) in [6, 6.07) is 4.33. The molecule has 1 aromatic heterocycles. The molecule has 2 rings (SSSR count). The molecule has 0 bridgehead atoms. The molecule has 5 heteroatoms. The molecule has 104 valence electrons. The predicted molar refractivity (Wildman–Crippen MR) is 74.9 cm³/mol. The fourth-order valence-electron chi connectivity index (χ4n) is 2.24. The number of carbonyl (C=O) groups excluding carboxylic acids is 1.